The average Bonchev–Trinajstić information content (AvgIpc) is 3.13. The van der Waals surface area contributed by atoms with Crippen molar-refractivity contribution in [1.82, 2.24) is 15.6 Å². The SMILES string of the molecule is CC(C)NCCC(=O)Nc1sc2c(c1-c1nccs1)CCNC2. The minimum Gasteiger partial charge on any atom is -0.317 e. The van der Waals surface area contributed by atoms with E-state index in [9.17, 15) is 4.79 Å². The van der Waals surface area contributed by atoms with E-state index in [-0.39, 0.29) is 5.91 Å². The zero-order chi connectivity index (χ0) is 16.2. The normalized spacial score (nSPS) is 14.0. The summed E-state index contributed by atoms with van der Waals surface area (Å²) in [4.78, 5) is 18.0. The van der Waals surface area contributed by atoms with Crippen molar-refractivity contribution >= 4 is 33.6 Å². The number of hydrogen-bond donors (Lipinski definition) is 3. The fraction of sp³-hybridized carbons (Fsp3) is 0.500. The van der Waals surface area contributed by atoms with Crippen molar-refractivity contribution in [3.8, 4) is 10.6 Å². The molecule has 5 nitrogen and oxygen atoms in total. The standard InChI is InChI=1S/C16H22N4OS2/c1-10(2)18-6-4-13(21)20-16-14(15-19-7-8-22-15)11-3-5-17-9-12(11)23-16/h7-8,10,17-18H,3-6,9H2,1-2H3,(H,20,21). The van der Waals surface area contributed by atoms with Gasteiger partial charge in [0.2, 0.25) is 5.91 Å². The maximum atomic E-state index is 12.3. The Hall–Kier alpha value is -1.28. The van der Waals surface area contributed by atoms with Crippen LogP contribution in [-0.2, 0) is 17.8 Å². The molecular formula is C16H22N4OS2. The van der Waals surface area contributed by atoms with Gasteiger partial charge in [-0.25, -0.2) is 4.98 Å². The highest BCUT2D eigenvalue weighted by molar-refractivity contribution is 7.18. The van der Waals surface area contributed by atoms with Crippen LogP contribution in [0.2, 0.25) is 0 Å². The first-order valence-corrected chi connectivity index (χ1v) is 9.63. The van der Waals surface area contributed by atoms with Crippen molar-refractivity contribution in [2.45, 2.75) is 39.3 Å². The van der Waals surface area contributed by atoms with Gasteiger partial charge in [0.25, 0.3) is 0 Å². The van der Waals surface area contributed by atoms with Gasteiger partial charge in [0.1, 0.15) is 10.0 Å². The van der Waals surface area contributed by atoms with Gasteiger partial charge < -0.3 is 16.0 Å². The number of aromatic nitrogens is 1. The predicted molar refractivity (Wildman–Crippen MR) is 97.2 cm³/mol. The quantitative estimate of drug-likeness (QED) is 0.749. The summed E-state index contributed by atoms with van der Waals surface area (Å²) in [6, 6.07) is 0.397. The molecule has 0 aromatic carbocycles. The number of fused-ring (bicyclic) bond motifs is 1. The third kappa shape index (κ3) is 3.98. The third-order valence-electron chi connectivity index (χ3n) is 3.73. The number of hydrogen-bond acceptors (Lipinski definition) is 6. The number of carbonyl (C=O) groups excluding carboxylic acids is 1. The summed E-state index contributed by atoms with van der Waals surface area (Å²) in [7, 11) is 0. The fourth-order valence-corrected chi connectivity index (χ4v) is 4.67. The fourth-order valence-electron chi connectivity index (χ4n) is 2.66. The highest BCUT2D eigenvalue weighted by atomic mass is 32.1. The van der Waals surface area contributed by atoms with Crippen LogP contribution in [0.25, 0.3) is 10.6 Å². The van der Waals surface area contributed by atoms with Crippen LogP contribution in [-0.4, -0.2) is 30.0 Å². The first-order valence-electron chi connectivity index (χ1n) is 7.93. The van der Waals surface area contributed by atoms with E-state index >= 15 is 0 Å². The van der Waals surface area contributed by atoms with E-state index in [1.54, 1.807) is 22.7 Å². The molecule has 3 N–H and O–H groups in total. The van der Waals surface area contributed by atoms with Crippen LogP contribution in [0.15, 0.2) is 11.6 Å². The van der Waals surface area contributed by atoms with E-state index in [0.29, 0.717) is 19.0 Å². The van der Waals surface area contributed by atoms with Crippen LogP contribution in [0.5, 0.6) is 0 Å². The number of rotatable bonds is 6. The smallest absolute Gasteiger partial charge is 0.226 e. The molecule has 1 aliphatic rings. The molecule has 0 aliphatic carbocycles. The van der Waals surface area contributed by atoms with E-state index in [4.69, 9.17) is 0 Å². The van der Waals surface area contributed by atoms with Crippen molar-refractivity contribution < 1.29 is 4.79 Å². The Morgan fingerprint density at radius 2 is 2.35 bits per heavy atom. The molecule has 1 aliphatic heterocycles. The molecule has 0 bridgehead atoms. The number of nitrogens with zero attached hydrogens (tertiary/aromatic N) is 1. The van der Waals surface area contributed by atoms with Crippen LogP contribution in [0.4, 0.5) is 5.00 Å². The summed E-state index contributed by atoms with van der Waals surface area (Å²) in [5, 5.41) is 13.7. The zero-order valence-corrected chi connectivity index (χ0v) is 15.1. The molecule has 0 unspecified atom stereocenters. The Bertz CT molecular complexity index is 664. The number of nitrogens with one attached hydrogen (secondary N) is 3. The molecule has 124 valence electrons. The minimum absolute atomic E-state index is 0.0579. The molecular weight excluding hydrogens is 328 g/mol. The molecule has 1 amide bonds. The molecule has 3 rings (SSSR count). The zero-order valence-electron chi connectivity index (χ0n) is 13.4. The van der Waals surface area contributed by atoms with Gasteiger partial charge in [-0.1, -0.05) is 13.8 Å². The molecule has 0 saturated carbocycles. The summed E-state index contributed by atoms with van der Waals surface area (Å²) in [5.41, 5.74) is 2.48. The molecule has 0 atom stereocenters. The summed E-state index contributed by atoms with van der Waals surface area (Å²) in [6.07, 6.45) is 3.30. The number of carbonyl (C=O) groups is 1. The van der Waals surface area contributed by atoms with Gasteiger partial charge in [0, 0.05) is 47.6 Å². The molecule has 3 heterocycles. The van der Waals surface area contributed by atoms with E-state index in [1.807, 2.05) is 11.6 Å². The van der Waals surface area contributed by atoms with Gasteiger partial charge >= 0.3 is 0 Å². The molecule has 2 aromatic rings. The lowest BCUT2D eigenvalue weighted by molar-refractivity contribution is -0.116. The summed E-state index contributed by atoms with van der Waals surface area (Å²) < 4.78 is 0. The van der Waals surface area contributed by atoms with Crippen LogP contribution < -0.4 is 16.0 Å². The maximum Gasteiger partial charge on any atom is 0.226 e. The topological polar surface area (TPSA) is 66.0 Å². The molecule has 23 heavy (non-hydrogen) atoms. The Balaban J connectivity index is 1.79. The van der Waals surface area contributed by atoms with Gasteiger partial charge in [-0.15, -0.1) is 22.7 Å². The minimum atomic E-state index is 0.0579. The number of anilines is 1. The number of amides is 1. The molecule has 0 fully saturated rings. The Labute approximate surface area is 144 Å². The summed E-state index contributed by atoms with van der Waals surface area (Å²) in [6.45, 7) is 6.72. The molecule has 2 aromatic heterocycles. The highest BCUT2D eigenvalue weighted by Gasteiger charge is 2.24. The van der Waals surface area contributed by atoms with Crippen molar-refractivity contribution in [2.24, 2.45) is 0 Å². The van der Waals surface area contributed by atoms with Crippen molar-refractivity contribution in [1.29, 1.82) is 0 Å². The van der Waals surface area contributed by atoms with Gasteiger partial charge in [0.15, 0.2) is 0 Å². The molecule has 0 spiro atoms. The van der Waals surface area contributed by atoms with E-state index in [2.05, 4.69) is 34.8 Å². The van der Waals surface area contributed by atoms with E-state index in [1.165, 1.54) is 10.4 Å². The van der Waals surface area contributed by atoms with Gasteiger partial charge in [-0.3, -0.25) is 4.79 Å². The Morgan fingerprint density at radius 3 is 3.09 bits per heavy atom. The molecule has 7 heteroatoms. The lowest BCUT2D eigenvalue weighted by Gasteiger charge is -2.13. The number of thiazole rings is 1. The van der Waals surface area contributed by atoms with Crippen molar-refractivity contribution in [3.05, 3.63) is 22.0 Å². The lowest BCUT2D eigenvalue weighted by atomic mass is 10.0. The first-order chi connectivity index (χ1) is 11.1. The Kier molecular flexibility index (Phi) is 5.42. The second kappa shape index (κ2) is 7.53. The van der Waals surface area contributed by atoms with Crippen molar-refractivity contribution in [2.75, 3.05) is 18.4 Å². The Morgan fingerprint density at radius 1 is 1.48 bits per heavy atom. The van der Waals surface area contributed by atoms with Crippen LogP contribution >= 0.6 is 22.7 Å². The summed E-state index contributed by atoms with van der Waals surface area (Å²) in [5.74, 6) is 0.0579. The average molecular weight is 351 g/mol. The lowest BCUT2D eigenvalue weighted by Crippen LogP contribution is -2.27. The maximum absolute atomic E-state index is 12.3. The van der Waals surface area contributed by atoms with Gasteiger partial charge in [-0.2, -0.15) is 0 Å². The van der Waals surface area contributed by atoms with Crippen LogP contribution in [0.3, 0.4) is 0 Å². The largest absolute Gasteiger partial charge is 0.317 e. The van der Waals surface area contributed by atoms with Crippen molar-refractivity contribution in [3.63, 3.8) is 0 Å². The van der Waals surface area contributed by atoms with Gasteiger partial charge in [-0.05, 0) is 18.5 Å². The van der Waals surface area contributed by atoms with E-state index in [0.717, 1.165) is 35.1 Å². The second-order valence-electron chi connectivity index (χ2n) is 5.88. The van der Waals surface area contributed by atoms with Gasteiger partial charge in [0.05, 0.1) is 0 Å². The second-order valence-corrected chi connectivity index (χ2v) is 7.88. The third-order valence-corrected chi connectivity index (χ3v) is 5.67. The number of thiophene rings is 1. The first kappa shape index (κ1) is 16.6. The molecule has 0 saturated heterocycles. The highest BCUT2D eigenvalue weighted by Crippen LogP contribution is 2.43. The predicted octanol–water partition coefficient (Wildman–Crippen LogP) is 2.84. The molecule has 0 radical (unpaired) electrons. The van der Waals surface area contributed by atoms with Crippen LogP contribution in [0, 0.1) is 0 Å². The van der Waals surface area contributed by atoms with Crippen LogP contribution in [0.1, 0.15) is 30.7 Å². The monoisotopic (exact) mass is 350 g/mol. The summed E-state index contributed by atoms with van der Waals surface area (Å²) >= 11 is 3.31. The van der Waals surface area contributed by atoms with E-state index < -0.39 is 0 Å².